The molecule has 0 bridgehead atoms. The topological polar surface area (TPSA) is 77.2 Å². The van der Waals surface area contributed by atoms with Crippen LogP contribution in [0.4, 0.5) is 0 Å². The molecule has 5 aliphatic carbocycles. The van der Waals surface area contributed by atoms with E-state index in [2.05, 4.69) is 80.8 Å². The molecule has 1 aromatic heterocycles. The SMILES string of the molecule is CC1(C)CC[C@]2(C(=O)OCc3cn(-c4cccc(Br)c4)nn3)CC[C@]3(C)C(=CC[C@@H]4[C@@]5(C)CC[C@H](O)C(C)(C)[C@@H]5CC[C@]43C)[C@@H]2C1. The number of aliphatic hydroxyl groups excluding tert-OH is 1. The lowest BCUT2D eigenvalue weighted by atomic mass is 9.33. The number of halogens is 1. The van der Waals surface area contributed by atoms with Crippen LogP contribution in [0.25, 0.3) is 5.69 Å². The first-order chi connectivity index (χ1) is 21.6. The highest BCUT2D eigenvalue weighted by atomic mass is 79.9. The molecule has 250 valence electrons. The zero-order chi connectivity index (χ0) is 32.9. The number of ether oxygens (including phenoxy) is 1. The third-order valence-electron chi connectivity index (χ3n) is 15.0. The van der Waals surface area contributed by atoms with E-state index < -0.39 is 5.41 Å². The predicted octanol–water partition coefficient (Wildman–Crippen LogP) is 9.24. The molecule has 6 nitrogen and oxygen atoms in total. The van der Waals surface area contributed by atoms with Crippen LogP contribution in [-0.2, 0) is 16.1 Å². The third-order valence-corrected chi connectivity index (χ3v) is 15.5. The van der Waals surface area contributed by atoms with Crippen LogP contribution in [0.1, 0.15) is 118 Å². The van der Waals surface area contributed by atoms with E-state index in [0.717, 1.165) is 61.5 Å². The lowest BCUT2D eigenvalue weighted by molar-refractivity contribution is -0.206. The van der Waals surface area contributed by atoms with Crippen LogP contribution in [0, 0.1) is 50.2 Å². The van der Waals surface area contributed by atoms with Crippen molar-refractivity contribution in [2.24, 2.45) is 50.2 Å². The Bertz CT molecular complexity index is 1560. The average Bonchev–Trinajstić information content (AvgIpc) is 3.47. The zero-order valence-corrected chi connectivity index (χ0v) is 30.6. The molecule has 0 spiro atoms. The van der Waals surface area contributed by atoms with E-state index >= 15 is 0 Å². The predicted molar refractivity (Wildman–Crippen MR) is 184 cm³/mol. The number of rotatable bonds is 4. The van der Waals surface area contributed by atoms with Gasteiger partial charge in [0.25, 0.3) is 0 Å². The molecular weight excluding hydrogens is 638 g/mol. The molecule has 1 heterocycles. The van der Waals surface area contributed by atoms with Crippen molar-refractivity contribution < 1.29 is 14.6 Å². The third kappa shape index (κ3) is 4.67. The van der Waals surface area contributed by atoms with Crippen LogP contribution in [0.5, 0.6) is 0 Å². The summed E-state index contributed by atoms with van der Waals surface area (Å²) in [6.07, 6.45) is 14.6. The fraction of sp³-hybridized carbons (Fsp3) is 0.718. The van der Waals surface area contributed by atoms with Gasteiger partial charge in [-0.25, -0.2) is 4.68 Å². The Labute approximate surface area is 284 Å². The van der Waals surface area contributed by atoms with Crippen molar-refractivity contribution in [2.45, 2.75) is 125 Å². The molecule has 46 heavy (non-hydrogen) atoms. The first-order valence-electron chi connectivity index (χ1n) is 17.8. The number of hydrogen-bond acceptors (Lipinski definition) is 5. The van der Waals surface area contributed by atoms with Crippen molar-refractivity contribution in [2.75, 3.05) is 0 Å². The molecule has 4 fully saturated rings. The van der Waals surface area contributed by atoms with Gasteiger partial charge in [-0.1, -0.05) is 87.3 Å². The van der Waals surface area contributed by atoms with Crippen molar-refractivity contribution in [3.63, 3.8) is 0 Å². The van der Waals surface area contributed by atoms with Gasteiger partial charge in [0.05, 0.1) is 23.4 Å². The monoisotopic (exact) mass is 691 g/mol. The molecule has 8 atom stereocenters. The van der Waals surface area contributed by atoms with Gasteiger partial charge in [-0.05, 0) is 127 Å². The number of carbonyl (C=O) groups is 1. The fourth-order valence-corrected chi connectivity index (χ4v) is 12.4. The van der Waals surface area contributed by atoms with Crippen LogP contribution in [0.2, 0.25) is 0 Å². The summed E-state index contributed by atoms with van der Waals surface area (Å²) in [5.74, 6) is 1.28. The van der Waals surface area contributed by atoms with Crippen LogP contribution < -0.4 is 0 Å². The minimum absolute atomic E-state index is 0.0427. The van der Waals surface area contributed by atoms with Gasteiger partial charge in [-0.15, -0.1) is 5.10 Å². The van der Waals surface area contributed by atoms with Crippen molar-refractivity contribution in [3.8, 4) is 5.69 Å². The Morgan fingerprint density at radius 1 is 1.00 bits per heavy atom. The number of hydrogen-bond donors (Lipinski definition) is 1. The number of benzene rings is 1. The molecule has 2 aromatic rings. The first-order valence-corrected chi connectivity index (χ1v) is 18.6. The van der Waals surface area contributed by atoms with Crippen molar-refractivity contribution >= 4 is 21.9 Å². The maximum Gasteiger partial charge on any atom is 0.313 e. The van der Waals surface area contributed by atoms with Gasteiger partial charge in [0.15, 0.2) is 0 Å². The molecule has 0 saturated heterocycles. The molecule has 1 aromatic carbocycles. The molecule has 0 amide bonds. The van der Waals surface area contributed by atoms with Gasteiger partial charge in [0.2, 0.25) is 0 Å². The minimum atomic E-state index is -0.484. The summed E-state index contributed by atoms with van der Waals surface area (Å²) < 4.78 is 8.93. The molecule has 0 unspecified atom stereocenters. The summed E-state index contributed by atoms with van der Waals surface area (Å²) in [5.41, 5.74) is 3.21. The summed E-state index contributed by atoms with van der Waals surface area (Å²) in [7, 11) is 0. The minimum Gasteiger partial charge on any atom is -0.459 e. The fourth-order valence-electron chi connectivity index (χ4n) is 12.0. The molecular formula is C39H54BrN3O3. The molecule has 7 rings (SSSR count). The second-order valence-corrected chi connectivity index (χ2v) is 18.9. The number of allylic oxidation sites excluding steroid dienone is 2. The summed E-state index contributed by atoms with van der Waals surface area (Å²) in [6.45, 7) is 17.3. The number of esters is 1. The molecule has 0 aliphatic heterocycles. The summed E-state index contributed by atoms with van der Waals surface area (Å²) in [6, 6.07) is 7.92. The number of nitrogens with zero attached hydrogens (tertiary/aromatic N) is 3. The molecule has 0 radical (unpaired) electrons. The molecule has 4 saturated carbocycles. The summed E-state index contributed by atoms with van der Waals surface area (Å²) in [4.78, 5) is 14.4. The van der Waals surface area contributed by atoms with E-state index in [9.17, 15) is 9.90 Å². The highest BCUT2D eigenvalue weighted by Gasteiger charge is 2.69. The van der Waals surface area contributed by atoms with Crippen LogP contribution in [-0.4, -0.2) is 32.2 Å². The Kier molecular flexibility index (Phi) is 7.61. The lowest BCUT2D eigenvalue weighted by Gasteiger charge is -2.71. The largest absolute Gasteiger partial charge is 0.459 e. The highest BCUT2D eigenvalue weighted by Crippen LogP contribution is 2.75. The van der Waals surface area contributed by atoms with Gasteiger partial charge < -0.3 is 9.84 Å². The van der Waals surface area contributed by atoms with Crippen molar-refractivity contribution in [1.82, 2.24) is 15.0 Å². The lowest BCUT2D eigenvalue weighted by Crippen LogP contribution is -2.65. The van der Waals surface area contributed by atoms with Crippen LogP contribution >= 0.6 is 15.9 Å². The molecule has 5 aliphatic rings. The Hall–Kier alpha value is -1.99. The smallest absolute Gasteiger partial charge is 0.313 e. The standard InChI is InChI=1S/C39H54BrN3O3/c1-34(2)17-19-39(33(45)46-24-26-23-43(42-41-26)27-10-8-9-25(40)21-27)20-18-37(6)28(29(39)22-34)11-12-31-36(5)15-14-32(44)35(3,4)30(36)13-16-38(31,37)7/h8-11,21,23,29-32,44H,12-20,22,24H2,1-7H3/t29-,30-,31+,32-,36-,37+,38+,39-/m0/s1. The van der Waals surface area contributed by atoms with Gasteiger partial charge in [0.1, 0.15) is 12.3 Å². The van der Waals surface area contributed by atoms with Crippen LogP contribution in [0.15, 0.2) is 46.6 Å². The van der Waals surface area contributed by atoms with E-state index in [1.807, 2.05) is 30.5 Å². The average molecular weight is 693 g/mol. The number of aromatic nitrogens is 3. The second-order valence-electron chi connectivity index (χ2n) is 18.0. The second kappa shape index (κ2) is 10.8. The normalized spacial score (nSPS) is 40.8. The molecule has 7 heteroatoms. The van der Waals surface area contributed by atoms with E-state index in [1.165, 1.54) is 12.8 Å². The number of fused-ring (bicyclic) bond motifs is 7. The van der Waals surface area contributed by atoms with E-state index in [1.54, 1.807) is 10.3 Å². The van der Waals surface area contributed by atoms with E-state index in [0.29, 0.717) is 17.5 Å². The summed E-state index contributed by atoms with van der Waals surface area (Å²) in [5, 5.41) is 19.7. The summed E-state index contributed by atoms with van der Waals surface area (Å²) >= 11 is 3.53. The van der Waals surface area contributed by atoms with Crippen LogP contribution in [0.3, 0.4) is 0 Å². The molecule has 1 N–H and O–H groups in total. The van der Waals surface area contributed by atoms with Gasteiger partial charge in [-0.3, -0.25) is 4.79 Å². The maximum atomic E-state index is 14.4. The van der Waals surface area contributed by atoms with E-state index in [4.69, 9.17) is 4.74 Å². The first kappa shape index (κ1) is 32.6. The van der Waals surface area contributed by atoms with Gasteiger partial charge >= 0.3 is 5.97 Å². The zero-order valence-electron chi connectivity index (χ0n) is 29.0. The Morgan fingerprint density at radius 2 is 1.76 bits per heavy atom. The highest BCUT2D eigenvalue weighted by molar-refractivity contribution is 9.10. The Balaban J connectivity index is 1.18. The van der Waals surface area contributed by atoms with Crippen molar-refractivity contribution in [1.29, 1.82) is 0 Å². The number of aliphatic hydroxyl groups is 1. The van der Waals surface area contributed by atoms with Gasteiger partial charge in [-0.2, -0.15) is 0 Å². The van der Waals surface area contributed by atoms with Crippen molar-refractivity contribution in [3.05, 3.63) is 52.3 Å². The maximum absolute atomic E-state index is 14.4. The quantitative estimate of drug-likeness (QED) is 0.256. The Morgan fingerprint density at radius 3 is 2.52 bits per heavy atom. The number of carbonyl (C=O) groups excluding carboxylic acids is 1. The van der Waals surface area contributed by atoms with E-state index in [-0.39, 0.29) is 51.7 Å². The van der Waals surface area contributed by atoms with Gasteiger partial charge in [0, 0.05) is 4.47 Å².